The van der Waals surface area contributed by atoms with E-state index in [1.165, 1.54) is 18.1 Å². The number of aryl methyl sites for hydroxylation is 4. The number of rotatable bonds is 19. The normalized spacial score (nSPS) is 11.2. The molecule has 0 atom stereocenters. The van der Waals surface area contributed by atoms with E-state index in [-0.39, 0.29) is 30.4 Å². The van der Waals surface area contributed by atoms with Crippen molar-refractivity contribution in [1.29, 1.82) is 0 Å². The van der Waals surface area contributed by atoms with Crippen LogP contribution in [0.15, 0.2) is 213 Å². The van der Waals surface area contributed by atoms with Crippen molar-refractivity contribution >= 4 is 149 Å². The van der Waals surface area contributed by atoms with Crippen LogP contribution in [0.2, 0.25) is 0 Å². The number of amides is 8. The molecule has 0 unspecified atom stereocenters. The van der Waals surface area contributed by atoms with Gasteiger partial charge in [-0.2, -0.15) is 58.4 Å². The first-order chi connectivity index (χ1) is 60.3. The molecule has 0 bridgehead atoms. The first kappa shape index (κ1) is 79.1. The molecular formula is C80H75N35O9. The van der Waals surface area contributed by atoms with Crippen LogP contribution in [0.3, 0.4) is 0 Å². The first-order valence-electron chi connectivity index (χ1n) is 38.5. The van der Waals surface area contributed by atoms with Crippen LogP contribution in [-0.4, -0.2) is 179 Å². The molecule has 17 heterocycles. The zero-order valence-corrected chi connectivity index (χ0v) is 67.3. The number of urea groups is 4. The molecule has 3 aromatic carbocycles. The van der Waals surface area contributed by atoms with Crippen molar-refractivity contribution in [2.75, 3.05) is 79.5 Å². The van der Waals surface area contributed by atoms with Gasteiger partial charge in [0.05, 0.1) is 53.2 Å². The molecule has 20 rings (SSSR count). The Kier molecular flexibility index (Phi) is 21.9. The summed E-state index contributed by atoms with van der Waals surface area (Å²) < 4.78 is 34.2. The third-order valence-corrected chi connectivity index (χ3v) is 18.8. The van der Waals surface area contributed by atoms with Gasteiger partial charge in [0, 0.05) is 126 Å². The SMILES string of the molecule is CCCn1cc2c(nc(NC(=O)Nc3ccc(CO)cc3)n3nc(-c4ccco4)nc23)n1.CCN(CC)c1ccc(NC(=O)Nc2nc3nn(C)cc3c3nc(-c4ccco4)nn23)cc1.CN(C)c1ccc(NC(=O)Nc2nc3nn(C)cc3c3nc(-c4ccco4)nn23)cc1.Cn1cc2c(nc(NC(=O)Nc3ccncc3)n3nc(-c4ccco4)nc23)n1. The number of carbonyl (C=O) groups is 4. The predicted octanol–water partition coefficient (Wildman–Crippen LogP) is 12.3. The van der Waals surface area contributed by atoms with Gasteiger partial charge in [0.25, 0.3) is 0 Å². The van der Waals surface area contributed by atoms with E-state index in [2.05, 4.69) is 154 Å². The van der Waals surface area contributed by atoms with Crippen molar-refractivity contribution in [3.8, 4) is 46.3 Å². The minimum Gasteiger partial charge on any atom is -0.461 e. The third kappa shape index (κ3) is 16.9. The second-order valence-electron chi connectivity index (χ2n) is 27.7. The number of aliphatic hydroxyl groups excluding tert-OH is 1. The van der Waals surface area contributed by atoms with E-state index in [1.807, 2.05) is 73.7 Å². The molecule has 8 amide bonds. The summed E-state index contributed by atoms with van der Waals surface area (Å²) in [6.45, 7) is 8.77. The number of nitrogens with one attached hydrogen (secondary N) is 8. The third-order valence-electron chi connectivity index (χ3n) is 18.8. The quantitative estimate of drug-likeness (QED) is 0.0363. The fourth-order valence-electron chi connectivity index (χ4n) is 13.0. The molecule has 0 aliphatic heterocycles. The maximum atomic E-state index is 12.8. The number of carbonyl (C=O) groups excluding carboxylic acids is 4. The fourth-order valence-corrected chi connectivity index (χ4v) is 13.0. The highest BCUT2D eigenvalue weighted by atomic mass is 16.3. The van der Waals surface area contributed by atoms with Crippen LogP contribution in [0.4, 0.5) is 77.1 Å². The van der Waals surface area contributed by atoms with Gasteiger partial charge in [-0.1, -0.05) is 19.1 Å². The van der Waals surface area contributed by atoms with E-state index in [9.17, 15) is 19.2 Å². The van der Waals surface area contributed by atoms with E-state index in [4.69, 9.17) is 22.8 Å². The van der Waals surface area contributed by atoms with Gasteiger partial charge in [-0.05, 0) is 147 Å². The molecule has 624 valence electrons. The second kappa shape index (κ2) is 34.3. The molecule has 9 N–H and O–H groups in total. The number of hydrogen-bond acceptors (Lipinski definition) is 28. The number of nitrogens with zero attached hydrogens (tertiary/aromatic N) is 27. The lowest BCUT2D eigenvalue weighted by Gasteiger charge is -2.21. The van der Waals surface area contributed by atoms with Crippen molar-refractivity contribution in [1.82, 2.24) is 122 Å². The van der Waals surface area contributed by atoms with E-state index in [1.54, 1.807) is 181 Å². The van der Waals surface area contributed by atoms with E-state index < -0.39 is 24.1 Å². The molecule has 124 heavy (non-hydrogen) atoms. The lowest BCUT2D eigenvalue weighted by atomic mass is 10.2. The fraction of sp³-hybridized carbons (Fsp3) is 0.163. The minimum absolute atomic E-state index is 0.0661. The molecule has 17 aromatic heterocycles. The largest absolute Gasteiger partial charge is 0.461 e. The van der Waals surface area contributed by atoms with Crippen LogP contribution < -0.4 is 52.3 Å². The zero-order valence-electron chi connectivity index (χ0n) is 67.3. The predicted molar refractivity (Wildman–Crippen MR) is 458 cm³/mol. The summed E-state index contributed by atoms with van der Waals surface area (Å²) in [5, 5.41) is 69.4. The molecule has 0 spiro atoms. The first-order valence-corrected chi connectivity index (χ1v) is 38.5. The number of pyridine rings is 1. The standard InChI is InChI=1S/C22H23N9O2.C21H20N8O3.C20H19N9O2.C17H13N9O2/c1-4-30(5-2)15-10-8-14(9-11-15)23-22(32)26-21-25-18-16(13-29(3)27-18)20-24-19(28-31(20)21)17-7-6-12-33-17;1-2-9-28-11-15-17(26-28)24-20(25-21(31)22-14-7-5-13(12-30)6-8-14)29-19(15)23-18(27-29)16-4-3-10-32-16;1-27(2)13-8-6-12(7-9-13)21-20(30)24-19-23-16-14(11-28(3)25-16)18-22-17(26-29(18)19)15-5-4-10-31-15;1-25-9-11-13(23-25)21-16(22-17(27)19-10-4-6-18-7-5-10)26-15(11)20-14(24-26)12-3-2-8-28-12/h6-13H,4-5H2,1-3H3,(H2,23,25,26,27,32);3-8,10-11,30H,2,9,12H2,1H3,(H2,22,24,25,26,31);4-11H,1-3H3,(H2,21,23,24,25,30);2-9H,1H3,(H2,18,19,21,22,23,27). The van der Waals surface area contributed by atoms with Crippen LogP contribution in [0, 0.1) is 0 Å². The molecule has 0 saturated heterocycles. The maximum absolute atomic E-state index is 12.8. The second-order valence-corrected chi connectivity index (χ2v) is 27.7. The van der Waals surface area contributed by atoms with Crippen molar-refractivity contribution in [3.05, 3.63) is 201 Å². The Balaban J connectivity index is 0.000000117. The van der Waals surface area contributed by atoms with E-state index >= 15 is 0 Å². The highest BCUT2D eigenvalue weighted by Gasteiger charge is 2.26. The van der Waals surface area contributed by atoms with Gasteiger partial charge < -0.3 is 53.8 Å². The average molecular weight is 1670 g/mol. The lowest BCUT2D eigenvalue weighted by molar-refractivity contribution is 0.261. The number of benzene rings is 3. The Hall–Kier alpha value is -17.4. The number of anilines is 10. The number of furan rings is 4. The Morgan fingerprint density at radius 2 is 0.685 bits per heavy atom. The summed E-state index contributed by atoms with van der Waals surface area (Å²) in [5.41, 5.74) is 9.16. The molecular weight excluding hydrogens is 1600 g/mol. The van der Waals surface area contributed by atoms with Crippen LogP contribution in [0.1, 0.15) is 32.8 Å². The van der Waals surface area contributed by atoms with Crippen molar-refractivity contribution < 1.29 is 42.0 Å². The Morgan fingerprint density at radius 1 is 0.371 bits per heavy atom. The molecule has 20 aromatic rings. The summed E-state index contributed by atoms with van der Waals surface area (Å²) in [4.78, 5) is 94.7. The van der Waals surface area contributed by atoms with Crippen LogP contribution in [-0.2, 0) is 34.3 Å². The van der Waals surface area contributed by atoms with Gasteiger partial charge in [0.1, 0.15) is 0 Å². The van der Waals surface area contributed by atoms with Gasteiger partial charge in [0.15, 0.2) is 68.2 Å². The van der Waals surface area contributed by atoms with E-state index in [0.717, 1.165) is 43.0 Å². The van der Waals surface area contributed by atoms with Gasteiger partial charge in [-0.3, -0.25) is 45.0 Å². The topological polar surface area (TPSA) is 500 Å². The molecule has 0 saturated carbocycles. The van der Waals surface area contributed by atoms with Gasteiger partial charge in [-0.15, -0.1) is 20.4 Å². The smallest absolute Gasteiger partial charge is 0.326 e. The zero-order chi connectivity index (χ0) is 85.6. The highest BCUT2D eigenvalue weighted by Crippen LogP contribution is 2.31. The van der Waals surface area contributed by atoms with Crippen molar-refractivity contribution in [2.45, 2.75) is 40.3 Å². The van der Waals surface area contributed by atoms with Crippen molar-refractivity contribution in [3.63, 3.8) is 0 Å². The number of aromatic nitrogens is 25. The van der Waals surface area contributed by atoms with Gasteiger partial charge >= 0.3 is 24.1 Å². The Bertz CT molecular complexity index is 7190. The average Bonchev–Trinajstić information content (AvgIpc) is 1.62. The number of aliphatic hydroxyl groups is 1. The molecule has 0 fully saturated rings. The van der Waals surface area contributed by atoms with Crippen LogP contribution >= 0.6 is 0 Å². The Labute approximate surface area is 698 Å². The summed E-state index contributed by atoms with van der Waals surface area (Å²) in [7, 11) is 9.28. The minimum atomic E-state index is -0.502. The van der Waals surface area contributed by atoms with Crippen LogP contribution in [0.25, 0.3) is 113 Å². The lowest BCUT2D eigenvalue weighted by Crippen LogP contribution is -2.23. The molecule has 44 nitrogen and oxygen atoms in total. The Morgan fingerprint density at radius 3 is 0.992 bits per heavy atom. The summed E-state index contributed by atoms with van der Waals surface area (Å²) >= 11 is 0. The van der Waals surface area contributed by atoms with Crippen LogP contribution in [0.5, 0.6) is 0 Å². The van der Waals surface area contributed by atoms with E-state index in [0.29, 0.717) is 136 Å². The van der Waals surface area contributed by atoms with Crippen molar-refractivity contribution in [2.24, 2.45) is 21.1 Å². The number of fused-ring (bicyclic) bond motifs is 12. The summed E-state index contributed by atoms with van der Waals surface area (Å²) in [5.74, 6) is 4.28. The highest BCUT2D eigenvalue weighted by molar-refractivity contribution is 6.04. The molecule has 0 aliphatic rings. The molecule has 0 radical (unpaired) electrons. The monoisotopic (exact) mass is 1670 g/mol. The molecule has 44 heteroatoms. The molecule has 0 aliphatic carbocycles. The van der Waals surface area contributed by atoms with Gasteiger partial charge in [-0.25, -0.2) is 39.1 Å². The number of hydrogen-bond donors (Lipinski definition) is 9. The maximum Gasteiger partial charge on any atom is 0.326 e. The summed E-state index contributed by atoms with van der Waals surface area (Å²) in [6, 6.07) is 37.5. The summed E-state index contributed by atoms with van der Waals surface area (Å²) in [6.07, 6.45) is 17.5. The van der Waals surface area contributed by atoms with Gasteiger partial charge in [0.2, 0.25) is 47.1 Å².